The number of aliphatic hydroxyl groups is 1. The lowest BCUT2D eigenvalue weighted by Crippen LogP contribution is -2.29. The average molecular weight is 668 g/mol. The molecule has 0 bridgehead atoms. The minimum Gasteiger partial charge on any atom is -0.507 e. The number of anilines is 1. The molecule has 1 amide bonds. The molecule has 1 aromatic heterocycles. The second-order valence-electron chi connectivity index (χ2n) is 10.6. The lowest BCUT2D eigenvalue weighted by Gasteiger charge is -2.23. The summed E-state index contributed by atoms with van der Waals surface area (Å²) >= 11 is 2.36. The number of carbonyl (C=O) groups is 2. The van der Waals surface area contributed by atoms with E-state index in [9.17, 15) is 19.1 Å². The molecule has 236 valence electrons. The van der Waals surface area contributed by atoms with Gasteiger partial charge in [-0.2, -0.15) is 0 Å². The van der Waals surface area contributed by atoms with Crippen molar-refractivity contribution in [3.05, 3.63) is 131 Å². The Labute approximate surface area is 277 Å². The number of fused-ring (bicyclic) bond motifs is 1. The molecule has 1 unspecified atom stereocenters. The number of aromatic nitrogens is 2. The number of benzene rings is 4. The van der Waals surface area contributed by atoms with Gasteiger partial charge < -0.3 is 19.3 Å². The number of rotatable bonds is 9. The maximum Gasteiger partial charge on any atom is 0.301 e. The van der Waals surface area contributed by atoms with Crippen molar-refractivity contribution in [2.24, 2.45) is 0 Å². The number of Topliss-reactive ketones (excluding diaryl/α,β-unsaturated/α-hetero) is 1. The summed E-state index contributed by atoms with van der Waals surface area (Å²) in [5.74, 6) is -0.708. The summed E-state index contributed by atoms with van der Waals surface area (Å²) in [6.45, 7) is 1.04. The maximum absolute atomic E-state index is 14.2. The molecule has 1 saturated heterocycles. The summed E-state index contributed by atoms with van der Waals surface area (Å²) in [6.07, 6.45) is 0. The van der Waals surface area contributed by atoms with Crippen LogP contribution in [-0.4, -0.2) is 40.2 Å². The molecule has 0 aliphatic carbocycles. The van der Waals surface area contributed by atoms with Gasteiger partial charge in [-0.1, -0.05) is 83.8 Å². The van der Waals surface area contributed by atoms with E-state index in [1.54, 1.807) is 60.7 Å². The van der Waals surface area contributed by atoms with Crippen LogP contribution in [-0.2, 0) is 21.9 Å². The van der Waals surface area contributed by atoms with E-state index in [0.717, 1.165) is 16.9 Å². The SMILES string of the molecule is O=C1C(=O)N(c2nnc(SCc3ccccc3F)s2)C(c2cccc(OCc3ccccc3)c2)C1=C(O)c1ccc2c(c1)OCCO2. The van der Waals surface area contributed by atoms with E-state index in [1.807, 2.05) is 30.3 Å². The molecular weight excluding hydrogens is 642 g/mol. The largest absolute Gasteiger partial charge is 0.507 e. The zero-order valence-corrected chi connectivity index (χ0v) is 26.3. The highest BCUT2D eigenvalue weighted by atomic mass is 32.2. The third kappa shape index (κ3) is 6.29. The predicted molar refractivity (Wildman–Crippen MR) is 175 cm³/mol. The third-order valence-electron chi connectivity index (χ3n) is 7.59. The fourth-order valence-corrected chi connectivity index (χ4v) is 7.17. The molecule has 1 atom stereocenters. The van der Waals surface area contributed by atoms with Crippen molar-refractivity contribution in [2.45, 2.75) is 22.7 Å². The third-order valence-corrected chi connectivity index (χ3v) is 9.70. The summed E-state index contributed by atoms with van der Waals surface area (Å²) in [4.78, 5) is 28.7. The number of thioether (sulfide) groups is 1. The molecule has 0 radical (unpaired) electrons. The molecule has 0 saturated carbocycles. The molecule has 0 spiro atoms. The molecule has 4 aromatic carbocycles. The van der Waals surface area contributed by atoms with Gasteiger partial charge in [-0.25, -0.2) is 4.39 Å². The maximum atomic E-state index is 14.2. The number of carbonyl (C=O) groups excluding carboxylic acids is 2. The van der Waals surface area contributed by atoms with Crippen LogP contribution in [0.3, 0.4) is 0 Å². The summed E-state index contributed by atoms with van der Waals surface area (Å²) in [5.41, 5.74) is 2.15. The number of ketones is 1. The van der Waals surface area contributed by atoms with Crippen molar-refractivity contribution < 1.29 is 33.3 Å². The summed E-state index contributed by atoms with van der Waals surface area (Å²) < 4.78 is 32.1. The van der Waals surface area contributed by atoms with E-state index in [-0.39, 0.29) is 27.8 Å². The van der Waals surface area contributed by atoms with Gasteiger partial charge in [-0.3, -0.25) is 14.5 Å². The van der Waals surface area contributed by atoms with E-state index in [0.29, 0.717) is 58.3 Å². The first-order valence-corrected chi connectivity index (χ1v) is 16.4. The fourth-order valence-electron chi connectivity index (χ4n) is 5.32. The first-order valence-electron chi connectivity index (χ1n) is 14.6. The van der Waals surface area contributed by atoms with Crippen molar-refractivity contribution in [2.75, 3.05) is 18.1 Å². The Morgan fingerprint density at radius 3 is 2.55 bits per heavy atom. The average Bonchev–Trinajstić information content (AvgIpc) is 3.68. The number of hydrogen-bond acceptors (Lipinski definition) is 10. The Bertz CT molecular complexity index is 2000. The van der Waals surface area contributed by atoms with Crippen molar-refractivity contribution in [1.82, 2.24) is 10.2 Å². The molecule has 1 fully saturated rings. The van der Waals surface area contributed by atoms with Gasteiger partial charge in [0.15, 0.2) is 15.8 Å². The van der Waals surface area contributed by atoms with E-state index in [2.05, 4.69) is 10.2 Å². The molecule has 2 aliphatic rings. The molecule has 12 heteroatoms. The van der Waals surface area contributed by atoms with Crippen molar-refractivity contribution in [1.29, 1.82) is 0 Å². The zero-order chi connectivity index (χ0) is 32.3. The van der Waals surface area contributed by atoms with E-state index >= 15 is 0 Å². The topological polar surface area (TPSA) is 111 Å². The summed E-state index contributed by atoms with van der Waals surface area (Å²) in [6, 6.07) is 26.9. The molecular formula is C35H26FN3O6S2. The standard InChI is InChI=1S/C35H26FN3O6S2/c36-26-12-5-4-9-24(26)20-46-35-38-37-34(47-35)39-30(22-10-6-11-25(17-22)45-19-21-7-2-1-3-8-21)29(32(41)33(39)42)31(40)23-13-14-27-28(18-23)44-16-15-43-27/h1-14,17-18,30,40H,15-16,19-20H2. The normalized spacial score (nSPS) is 16.8. The zero-order valence-electron chi connectivity index (χ0n) is 24.7. The van der Waals surface area contributed by atoms with Gasteiger partial charge in [-0.05, 0) is 53.1 Å². The van der Waals surface area contributed by atoms with Crippen molar-refractivity contribution in [3.63, 3.8) is 0 Å². The van der Waals surface area contributed by atoms with Gasteiger partial charge >= 0.3 is 5.91 Å². The van der Waals surface area contributed by atoms with Gasteiger partial charge in [0.1, 0.15) is 37.1 Å². The van der Waals surface area contributed by atoms with Crippen LogP contribution in [0.25, 0.3) is 5.76 Å². The van der Waals surface area contributed by atoms with Crippen LogP contribution in [0.4, 0.5) is 9.52 Å². The van der Waals surface area contributed by atoms with Crippen molar-refractivity contribution in [3.8, 4) is 17.2 Å². The number of amides is 1. The minimum absolute atomic E-state index is 0.123. The number of nitrogens with zero attached hydrogens (tertiary/aromatic N) is 3. The number of hydrogen-bond donors (Lipinski definition) is 1. The van der Waals surface area contributed by atoms with Crippen LogP contribution in [0.2, 0.25) is 0 Å². The van der Waals surface area contributed by atoms with E-state index in [4.69, 9.17) is 14.2 Å². The van der Waals surface area contributed by atoms with Crippen LogP contribution in [0.1, 0.15) is 28.3 Å². The van der Waals surface area contributed by atoms with Crippen LogP contribution < -0.4 is 19.1 Å². The highest BCUT2D eigenvalue weighted by Crippen LogP contribution is 2.45. The fraction of sp³-hybridized carbons (Fsp3) is 0.143. The molecule has 47 heavy (non-hydrogen) atoms. The molecule has 1 N–H and O–H groups in total. The van der Waals surface area contributed by atoms with Gasteiger partial charge in [0.25, 0.3) is 5.78 Å². The van der Waals surface area contributed by atoms with Crippen LogP contribution in [0.5, 0.6) is 17.2 Å². The summed E-state index contributed by atoms with van der Waals surface area (Å²) in [7, 11) is 0. The first-order chi connectivity index (χ1) is 23.0. The van der Waals surface area contributed by atoms with E-state index < -0.39 is 17.7 Å². The Balaban J connectivity index is 1.26. The second kappa shape index (κ2) is 13.3. The van der Waals surface area contributed by atoms with E-state index in [1.165, 1.54) is 22.7 Å². The quantitative estimate of drug-likeness (QED) is 0.0587. The van der Waals surface area contributed by atoms with Crippen LogP contribution in [0.15, 0.2) is 107 Å². The van der Waals surface area contributed by atoms with Gasteiger partial charge in [0.05, 0.1) is 11.6 Å². The highest BCUT2D eigenvalue weighted by molar-refractivity contribution is 8.00. The second-order valence-corrected chi connectivity index (χ2v) is 12.8. The van der Waals surface area contributed by atoms with Gasteiger partial charge in [-0.15, -0.1) is 10.2 Å². The molecule has 7 rings (SSSR count). The van der Waals surface area contributed by atoms with Crippen LogP contribution in [0, 0.1) is 5.82 Å². The first kappa shape index (κ1) is 30.5. The molecule has 2 aliphatic heterocycles. The molecule has 3 heterocycles. The lowest BCUT2D eigenvalue weighted by atomic mass is 9.95. The Morgan fingerprint density at radius 1 is 0.936 bits per heavy atom. The number of halogens is 1. The summed E-state index contributed by atoms with van der Waals surface area (Å²) in [5, 5.41) is 20.3. The number of aliphatic hydroxyl groups excluding tert-OH is 1. The minimum atomic E-state index is -1.05. The molecule has 9 nitrogen and oxygen atoms in total. The Morgan fingerprint density at radius 2 is 1.72 bits per heavy atom. The number of ether oxygens (including phenoxy) is 3. The Hall–Kier alpha value is -5.20. The lowest BCUT2D eigenvalue weighted by molar-refractivity contribution is -0.132. The Kier molecular flexibility index (Phi) is 8.60. The van der Waals surface area contributed by atoms with Crippen molar-refractivity contribution >= 4 is 45.7 Å². The van der Waals surface area contributed by atoms with Gasteiger partial charge in [0, 0.05) is 11.3 Å². The highest BCUT2D eigenvalue weighted by Gasteiger charge is 2.48. The van der Waals surface area contributed by atoms with Crippen LogP contribution >= 0.6 is 23.1 Å². The smallest absolute Gasteiger partial charge is 0.301 e. The monoisotopic (exact) mass is 667 g/mol. The predicted octanol–water partition coefficient (Wildman–Crippen LogP) is 6.95. The molecule has 5 aromatic rings. The van der Waals surface area contributed by atoms with Gasteiger partial charge in [0.2, 0.25) is 5.13 Å².